The minimum atomic E-state index is -0.372. The van der Waals surface area contributed by atoms with Crippen molar-refractivity contribution in [1.82, 2.24) is 5.32 Å². The number of benzene rings is 1. The van der Waals surface area contributed by atoms with Crippen molar-refractivity contribution in [2.75, 3.05) is 6.61 Å². The molecule has 1 unspecified atom stereocenters. The number of aryl methyl sites for hydroxylation is 1. The van der Waals surface area contributed by atoms with Crippen LogP contribution < -0.4 is 5.32 Å². The molecule has 80 valence electrons. The molecule has 1 aromatic carbocycles. The smallest absolute Gasteiger partial charge is 0.408 e. The Morgan fingerprint density at radius 3 is 2.53 bits per heavy atom. The second-order valence-electron chi connectivity index (χ2n) is 4.08. The van der Waals surface area contributed by atoms with Gasteiger partial charge in [-0.1, -0.05) is 31.2 Å². The highest BCUT2D eigenvalue weighted by molar-refractivity contribution is 5.71. The predicted molar refractivity (Wildman–Crippen MR) is 57.7 cm³/mol. The normalized spacial score (nSPS) is 24.8. The first kappa shape index (κ1) is 10.0. The van der Waals surface area contributed by atoms with Crippen LogP contribution >= 0.6 is 0 Å². The Balaban J connectivity index is 2.25. The average Bonchev–Trinajstić information content (AvgIpc) is 2.60. The summed E-state index contributed by atoms with van der Waals surface area (Å²) >= 11 is 0. The average molecular weight is 205 g/mol. The van der Waals surface area contributed by atoms with Crippen LogP contribution in [0, 0.1) is 0 Å². The number of hydrogen-bond donors (Lipinski definition) is 1. The molecule has 3 heteroatoms. The molecule has 1 amide bonds. The number of alkyl carbamates (subject to hydrolysis) is 1. The summed E-state index contributed by atoms with van der Waals surface area (Å²) in [6.45, 7) is 4.49. The second kappa shape index (κ2) is 3.57. The number of nitrogens with one attached hydrogen (secondary N) is 1. The SMILES string of the molecule is CCc1ccc(C2(C)COC(=O)N2)cc1. The van der Waals surface area contributed by atoms with Crippen LogP contribution in [0.4, 0.5) is 4.79 Å². The third-order valence-electron chi connectivity index (χ3n) is 2.87. The molecule has 3 nitrogen and oxygen atoms in total. The van der Waals surface area contributed by atoms with Crippen LogP contribution in [-0.4, -0.2) is 12.7 Å². The summed E-state index contributed by atoms with van der Waals surface area (Å²) in [5, 5.41) is 2.82. The zero-order valence-corrected chi connectivity index (χ0v) is 9.04. The van der Waals surface area contributed by atoms with Crippen LogP contribution in [0.5, 0.6) is 0 Å². The molecule has 0 radical (unpaired) electrons. The number of amides is 1. The summed E-state index contributed by atoms with van der Waals surface area (Å²) in [5.41, 5.74) is 2.02. The first-order chi connectivity index (χ1) is 7.14. The van der Waals surface area contributed by atoms with Gasteiger partial charge in [0.15, 0.2) is 0 Å². The molecule has 1 fully saturated rings. The van der Waals surface area contributed by atoms with Crippen molar-refractivity contribution >= 4 is 6.09 Å². The van der Waals surface area contributed by atoms with Gasteiger partial charge in [0, 0.05) is 0 Å². The van der Waals surface area contributed by atoms with Crippen molar-refractivity contribution in [3.05, 3.63) is 35.4 Å². The summed E-state index contributed by atoms with van der Waals surface area (Å²) in [4.78, 5) is 11.0. The van der Waals surface area contributed by atoms with Gasteiger partial charge in [-0.05, 0) is 24.5 Å². The molecule has 1 saturated heterocycles. The van der Waals surface area contributed by atoms with Crippen molar-refractivity contribution < 1.29 is 9.53 Å². The molecule has 1 aliphatic heterocycles. The fourth-order valence-corrected chi connectivity index (χ4v) is 1.77. The van der Waals surface area contributed by atoms with E-state index in [1.165, 1.54) is 5.56 Å². The molecule has 1 aliphatic rings. The largest absolute Gasteiger partial charge is 0.447 e. The number of carbonyl (C=O) groups excluding carboxylic acids is 1. The first-order valence-electron chi connectivity index (χ1n) is 5.18. The maximum atomic E-state index is 11.0. The van der Waals surface area contributed by atoms with Crippen molar-refractivity contribution in [3.8, 4) is 0 Å². The third kappa shape index (κ3) is 1.82. The van der Waals surface area contributed by atoms with E-state index in [0.29, 0.717) is 6.61 Å². The van der Waals surface area contributed by atoms with Crippen molar-refractivity contribution in [1.29, 1.82) is 0 Å². The minimum absolute atomic E-state index is 0.336. The molecular weight excluding hydrogens is 190 g/mol. The number of carbonyl (C=O) groups is 1. The van der Waals surface area contributed by atoms with Crippen molar-refractivity contribution in [3.63, 3.8) is 0 Å². The molecule has 0 aliphatic carbocycles. The molecule has 0 saturated carbocycles. The Hall–Kier alpha value is -1.51. The highest BCUT2D eigenvalue weighted by Gasteiger charge is 2.36. The van der Waals surface area contributed by atoms with E-state index in [-0.39, 0.29) is 11.6 Å². The van der Waals surface area contributed by atoms with Gasteiger partial charge in [0.2, 0.25) is 0 Å². The highest BCUT2D eigenvalue weighted by atomic mass is 16.6. The van der Waals surface area contributed by atoms with Gasteiger partial charge in [0.1, 0.15) is 6.61 Å². The number of rotatable bonds is 2. The van der Waals surface area contributed by atoms with E-state index >= 15 is 0 Å². The second-order valence-corrected chi connectivity index (χ2v) is 4.08. The predicted octanol–water partition coefficient (Wildman–Crippen LogP) is 2.20. The summed E-state index contributed by atoms with van der Waals surface area (Å²) in [6, 6.07) is 8.28. The van der Waals surface area contributed by atoms with Crippen LogP contribution in [0.2, 0.25) is 0 Å². The van der Waals surface area contributed by atoms with Gasteiger partial charge in [0.05, 0.1) is 5.54 Å². The lowest BCUT2D eigenvalue weighted by Crippen LogP contribution is -2.37. The lowest BCUT2D eigenvalue weighted by Gasteiger charge is -2.21. The molecule has 1 N–H and O–H groups in total. The van der Waals surface area contributed by atoms with Gasteiger partial charge < -0.3 is 10.1 Å². The quantitative estimate of drug-likeness (QED) is 0.803. The van der Waals surface area contributed by atoms with E-state index in [9.17, 15) is 4.79 Å². The topological polar surface area (TPSA) is 38.3 Å². The van der Waals surface area contributed by atoms with Crippen LogP contribution in [-0.2, 0) is 16.7 Å². The van der Waals surface area contributed by atoms with Crippen molar-refractivity contribution in [2.45, 2.75) is 25.8 Å². The Morgan fingerprint density at radius 1 is 1.40 bits per heavy atom. The van der Waals surface area contributed by atoms with E-state index in [4.69, 9.17) is 4.74 Å². The number of cyclic esters (lactones) is 1. The fourth-order valence-electron chi connectivity index (χ4n) is 1.77. The van der Waals surface area contributed by atoms with Gasteiger partial charge in [-0.15, -0.1) is 0 Å². The Morgan fingerprint density at radius 2 is 2.07 bits per heavy atom. The Kier molecular flexibility index (Phi) is 2.39. The molecule has 1 atom stereocenters. The molecule has 1 aromatic rings. The minimum Gasteiger partial charge on any atom is -0.447 e. The maximum absolute atomic E-state index is 11.0. The number of ether oxygens (including phenoxy) is 1. The lowest BCUT2D eigenvalue weighted by atomic mass is 9.93. The molecule has 0 bridgehead atoms. The fraction of sp³-hybridized carbons (Fsp3) is 0.417. The summed E-state index contributed by atoms with van der Waals surface area (Å²) < 4.78 is 4.93. The van der Waals surface area contributed by atoms with Gasteiger partial charge in [-0.2, -0.15) is 0 Å². The molecule has 1 heterocycles. The van der Waals surface area contributed by atoms with Crippen LogP contribution in [0.3, 0.4) is 0 Å². The first-order valence-corrected chi connectivity index (χ1v) is 5.18. The Labute approximate surface area is 89.4 Å². The van der Waals surface area contributed by atoms with E-state index < -0.39 is 0 Å². The van der Waals surface area contributed by atoms with Gasteiger partial charge >= 0.3 is 6.09 Å². The molecule has 2 rings (SSSR count). The monoisotopic (exact) mass is 205 g/mol. The zero-order chi connectivity index (χ0) is 10.9. The van der Waals surface area contributed by atoms with Gasteiger partial charge in [0.25, 0.3) is 0 Å². The van der Waals surface area contributed by atoms with Gasteiger partial charge in [-0.3, -0.25) is 0 Å². The molecular formula is C12H15NO2. The summed E-state index contributed by atoms with van der Waals surface area (Å²) in [7, 11) is 0. The number of hydrogen-bond acceptors (Lipinski definition) is 2. The summed E-state index contributed by atoms with van der Waals surface area (Å²) in [5.74, 6) is 0. The Bertz CT molecular complexity index is 372. The maximum Gasteiger partial charge on any atom is 0.408 e. The van der Waals surface area contributed by atoms with Crippen molar-refractivity contribution in [2.24, 2.45) is 0 Å². The summed E-state index contributed by atoms with van der Waals surface area (Å²) in [6.07, 6.45) is 0.692. The highest BCUT2D eigenvalue weighted by Crippen LogP contribution is 2.25. The van der Waals surface area contributed by atoms with Crippen LogP contribution in [0.25, 0.3) is 0 Å². The van der Waals surface area contributed by atoms with Crippen LogP contribution in [0.1, 0.15) is 25.0 Å². The zero-order valence-electron chi connectivity index (χ0n) is 9.04. The lowest BCUT2D eigenvalue weighted by molar-refractivity contribution is 0.173. The standard InChI is InChI=1S/C12H15NO2/c1-3-9-4-6-10(7-5-9)12(2)8-15-11(14)13-12/h4-7H,3,8H2,1-2H3,(H,13,14). The van der Waals surface area contributed by atoms with Crippen LogP contribution in [0.15, 0.2) is 24.3 Å². The van der Waals surface area contributed by atoms with E-state index in [0.717, 1.165) is 12.0 Å². The van der Waals surface area contributed by atoms with E-state index in [1.807, 2.05) is 19.1 Å². The molecule has 15 heavy (non-hydrogen) atoms. The van der Waals surface area contributed by atoms with E-state index in [2.05, 4.69) is 24.4 Å². The van der Waals surface area contributed by atoms with E-state index in [1.54, 1.807) is 0 Å². The van der Waals surface area contributed by atoms with Gasteiger partial charge in [-0.25, -0.2) is 4.79 Å². The third-order valence-corrected chi connectivity index (χ3v) is 2.87. The molecule has 0 aromatic heterocycles. The molecule has 0 spiro atoms.